The van der Waals surface area contributed by atoms with Gasteiger partial charge in [-0.05, 0) is 24.3 Å². The Morgan fingerprint density at radius 2 is 1.72 bits per heavy atom. The van der Waals surface area contributed by atoms with Gasteiger partial charge in [0.2, 0.25) is 0 Å². The molecule has 0 saturated heterocycles. The average molecular weight is 343 g/mol. The van der Waals surface area contributed by atoms with Gasteiger partial charge >= 0.3 is 11.9 Å². The molecule has 2 aromatic carbocycles. The molecule has 1 unspecified atom stereocenters. The van der Waals surface area contributed by atoms with E-state index in [1.54, 1.807) is 24.3 Å². The van der Waals surface area contributed by atoms with Gasteiger partial charge in [0, 0.05) is 12.6 Å². The number of ether oxygens (including phenoxy) is 3. The highest BCUT2D eigenvalue weighted by Gasteiger charge is 2.16. The zero-order chi connectivity index (χ0) is 18.1. The van der Waals surface area contributed by atoms with E-state index in [0.29, 0.717) is 23.5 Å². The van der Waals surface area contributed by atoms with Crippen molar-refractivity contribution < 1.29 is 23.8 Å². The molecule has 0 aromatic heterocycles. The third kappa shape index (κ3) is 5.84. The van der Waals surface area contributed by atoms with Crippen molar-refractivity contribution in [3.63, 3.8) is 0 Å². The molecule has 0 radical (unpaired) electrons. The summed E-state index contributed by atoms with van der Waals surface area (Å²) in [4.78, 5) is 23.1. The van der Waals surface area contributed by atoms with Crippen molar-refractivity contribution >= 4 is 17.6 Å². The number of carbonyl (C=O) groups is 2. The molecule has 0 aliphatic rings. The SMILES string of the molecule is COC(=O)c1ccccc1NCC(COc1ccccc1)OC(C)=O. The highest BCUT2D eigenvalue weighted by Crippen LogP contribution is 2.16. The van der Waals surface area contributed by atoms with Crippen LogP contribution in [0.25, 0.3) is 0 Å². The average Bonchev–Trinajstić information content (AvgIpc) is 2.64. The van der Waals surface area contributed by atoms with E-state index in [0.717, 1.165) is 0 Å². The standard InChI is InChI=1S/C19H21NO5/c1-14(21)25-16(13-24-15-8-4-3-5-9-15)12-20-18-11-7-6-10-17(18)19(22)23-2/h3-11,16,20H,12-13H2,1-2H3. The molecule has 0 aliphatic heterocycles. The van der Waals surface area contributed by atoms with Crippen LogP contribution in [0.2, 0.25) is 0 Å². The summed E-state index contributed by atoms with van der Waals surface area (Å²) >= 11 is 0. The molecule has 1 atom stereocenters. The summed E-state index contributed by atoms with van der Waals surface area (Å²) in [7, 11) is 1.33. The van der Waals surface area contributed by atoms with Gasteiger partial charge in [0.05, 0.1) is 19.2 Å². The molecule has 0 fully saturated rings. The molecular weight excluding hydrogens is 322 g/mol. The van der Waals surface area contributed by atoms with E-state index in [9.17, 15) is 9.59 Å². The molecule has 6 heteroatoms. The van der Waals surface area contributed by atoms with Crippen LogP contribution >= 0.6 is 0 Å². The number of benzene rings is 2. The van der Waals surface area contributed by atoms with Crippen LogP contribution in [0, 0.1) is 0 Å². The molecule has 132 valence electrons. The van der Waals surface area contributed by atoms with E-state index in [4.69, 9.17) is 14.2 Å². The molecule has 0 amide bonds. The third-order valence-electron chi connectivity index (χ3n) is 3.36. The van der Waals surface area contributed by atoms with Crippen LogP contribution in [0.15, 0.2) is 54.6 Å². The van der Waals surface area contributed by atoms with Gasteiger partial charge in [-0.2, -0.15) is 0 Å². The summed E-state index contributed by atoms with van der Waals surface area (Å²) < 4.78 is 15.7. The van der Waals surface area contributed by atoms with Gasteiger partial charge in [-0.1, -0.05) is 30.3 Å². The number of rotatable bonds is 8. The highest BCUT2D eigenvalue weighted by molar-refractivity contribution is 5.95. The van der Waals surface area contributed by atoms with E-state index in [-0.39, 0.29) is 6.61 Å². The second-order valence-corrected chi connectivity index (χ2v) is 5.27. The lowest BCUT2D eigenvalue weighted by atomic mass is 10.1. The largest absolute Gasteiger partial charge is 0.490 e. The monoisotopic (exact) mass is 343 g/mol. The maximum atomic E-state index is 11.8. The Labute approximate surface area is 146 Å². The molecule has 2 aromatic rings. The van der Waals surface area contributed by atoms with E-state index in [1.807, 2.05) is 30.3 Å². The summed E-state index contributed by atoms with van der Waals surface area (Å²) in [5.74, 6) is -0.146. The lowest BCUT2D eigenvalue weighted by molar-refractivity contribution is -0.147. The molecule has 2 rings (SSSR count). The molecule has 0 aliphatic carbocycles. The van der Waals surface area contributed by atoms with E-state index < -0.39 is 18.0 Å². The fourth-order valence-corrected chi connectivity index (χ4v) is 2.22. The van der Waals surface area contributed by atoms with Crippen LogP contribution in [-0.2, 0) is 14.3 Å². The number of para-hydroxylation sites is 2. The fourth-order valence-electron chi connectivity index (χ4n) is 2.22. The molecule has 0 spiro atoms. The molecule has 0 bridgehead atoms. The Balaban J connectivity index is 2.00. The van der Waals surface area contributed by atoms with Gasteiger partial charge in [0.15, 0.2) is 6.10 Å². The van der Waals surface area contributed by atoms with Crippen molar-refractivity contribution in [2.75, 3.05) is 25.6 Å². The van der Waals surface area contributed by atoms with Crippen LogP contribution < -0.4 is 10.1 Å². The van der Waals surface area contributed by atoms with Crippen LogP contribution in [0.4, 0.5) is 5.69 Å². The van der Waals surface area contributed by atoms with E-state index >= 15 is 0 Å². The van der Waals surface area contributed by atoms with Crippen molar-refractivity contribution in [3.05, 3.63) is 60.2 Å². The molecule has 0 heterocycles. The first-order chi connectivity index (χ1) is 12.1. The van der Waals surface area contributed by atoms with Crippen LogP contribution in [0.1, 0.15) is 17.3 Å². The maximum absolute atomic E-state index is 11.8. The molecule has 6 nitrogen and oxygen atoms in total. The Morgan fingerprint density at radius 3 is 2.40 bits per heavy atom. The smallest absolute Gasteiger partial charge is 0.339 e. The Morgan fingerprint density at radius 1 is 1.04 bits per heavy atom. The van der Waals surface area contributed by atoms with Crippen molar-refractivity contribution in [1.29, 1.82) is 0 Å². The normalized spacial score (nSPS) is 11.3. The van der Waals surface area contributed by atoms with Gasteiger partial charge < -0.3 is 19.5 Å². The first-order valence-electron chi connectivity index (χ1n) is 7.86. The minimum atomic E-state index is -0.511. The Hall–Kier alpha value is -3.02. The van der Waals surface area contributed by atoms with Gasteiger partial charge in [0.25, 0.3) is 0 Å². The van der Waals surface area contributed by atoms with E-state index in [1.165, 1.54) is 14.0 Å². The minimum absolute atomic E-state index is 0.191. The number of esters is 2. The van der Waals surface area contributed by atoms with Gasteiger partial charge in [-0.15, -0.1) is 0 Å². The number of methoxy groups -OCH3 is 1. The molecule has 0 saturated carbocycles. The maximum Gasteiger partial charge on any atom is 0.339 e. The highest BCUT2D eigenvalue weighted by atomic mass is 16.6. The van der Waals surface area contributed by atoms with Crippen LogP contribution in [0.5, 0.6) is 5.75 Å². The zero-order valence-electron chi connectivity index (χ0n) is 14.2. The van der Waals surface area contributed by atoms with Gasteiger partial charge in [-0.3, -0.25) is 4.79 Å². The van der Waals surface area contributed by atoms with Crippen LogP contribution in [-0.4, -0.2) is 38.3 Å². The summed E-state index contributed by atoms with van der Waals surface area (Å²) in [5, 5.41) is 3.11. The fraction of sp³-hybridized carbons (Fsp3) is 0.263. The summed E-state index contributed by atoms with van der Waals surface area (Å²) in [6, 6.07) is 16.2. The summed E-state index contributed by atoms with van der Waals surface area (Å²) in [5.41, 5.74) is 1.02. The molecule has 1 N–H and O–H groups in total. The van der Waals surface area contributed by atoms with Crippen molar-refractivity contribution in [1.82, 2.24) is 0 Å². The first kappa shape index (κ1) is 18.3. The number of anilines is 1. The zero-order valence-corrected chi connectivity index (χ0v) is 14.2. The Kier molecular flexibility index (Phi) is 6.83. The molecule has 25 heavy (non-hydrogen) atoms. The second-order valence-electron chi connectivity index (χ2n) is 5.27. The van der Waals surface area contributed by atoms with Gasteiger partial charge in [-0.25, -0.2) is 4.79 Å². The van der Waals surface area contributed by atoms with Crippen molar-refractivity contribution in [2.45, 2.75) is 13.0 Å². The predicted molar refractivity (Wildman–Crippen MR) is 93.8 cm³/mol. The number of nitrogens with one attached hydrogen (secondary N) is 1. The first-order valence-corrected chi connectivity index (χ1v) is 7.86. The van der Waals surface area contributed by atoms with Gasteiger partial charge in [0.1, 0.15) is 12.4 Å². The predicted octanol–water partition coefficient (Wildman–Crippen LogP) is 2.90. The second kappa shape index (κ2) is 9.32. The summed E-state index contributed by atoms with van der Waals surface area (Å²) in [6.45, 7) is 1.83. The minimum Gasteiger partial charge on any atom is -0.490 e. The van der Waals surface area contributed by atoms with E-state index in [2.05, 4.69) is 5.32 Å². The summed E-state index contributed by atoms with van der Waals surface area (Å²) in [6.07, 6.45) is -0.511. The number of hydrogen-bond acceptors (Lipinski definition) is 6. The third-order valence-corrected chi connectivity index (χ3v) is 3.36. The van der Waals surface area contributed by atoms with Crippen LogP contribution in [0.3, 0.4) is 0 Å². The lowest BCUT2D eigenvalue weighted by Gasteiger charge is -2.19. The topological polar surface area (TPSA) is 73.9 Å². The van der Waals surface area contributed by atoms with Crippen molar-refractivity contribution in [3.8, 4) is 5.75 Å². The number of hydrogen-bond donors (Lipinski definition) is 1. The lowest BCUT2D eigenvalue weighted by Crippen LogP contribution is -2.31. The number of carbonyl (C=O) groups excluding carboxylic acids is 2. The Bertz CT molecular complexity index is 702. The van der Waals surface area contributed by atoms with Crippen molar-refractivity contribution in [2.24, 2.45) is 0 Å². The quantitative estimate of drug-likeness (QED) is 0.743. The molecular formula is C19H21NO5.